The Morgan fingerprint density at radius 1 is 0.615 bits per heavy atom. The number of hydrogen-bond acceptors (Lipinski definition) is 2. The Morgan fingerprint density at radius 2 is 1.23 bits per heavy atom. The minimum Gasteiger partial charge on any atom is -0.293 e. The maximum atomic E-state index is 14.3. The van der Waals surface area contributed by atoms with Crippen LogP contribution in [0.15, 0.2) is 131 Å². The van der Waals surface area contributed by atoms with Crippen molar-refractivity contribution in [3.63, 3.8) is 0 Å². The van der Waals surface area contributed by atoms with Crippen LogP contribution in [0.1, 0.15) is 5.56 Å². The lowest BCUT2D eigenvalue weighted by atomic mass is 9.98. The average molecular weight is 566 g/mol. The fourth-order valence-corrected chi connectivity index (χ4v) is 5.80. The summed E-state index contributed by atoms with van der Waals surface area (Å²) in [5.41, 5.74) is 7.26. The maximum Gasteiger partial charge on any atom is 0.266 e. The maximum absolute atomic E-state index is 14.3. The summed E-state index contributed by atoms with van der Waals surface area (Å²) in [5.74, 6) is 0. The van der Waals surface area contributed by atoms with E-state index in [4.69, 9.17) is 0 Å². The van der Waals surface area contributed by atoms with Gasteiger partial charge in [-0.1, -0.05) is 94.8 Å². The summed E-state index contributed by atoms with van der Waals surface area (Å²) >= 11 is 3.60. The van der Waals surface area contributed by atoms with Crippen molar-refractivity contribution >= 4 is 43.4 Å². The summed E-state index contributed by atoms with van der Waals surface area (Å²) in [5, 5.41) is 11.8. The molecule has 5 heteroatoms. The van der Waals surface area contributed by atoms with E-state index in [0.29, 0.717) is 22.3 Å². The van der Waals surface area contributed by atoms with Gasteiger partial charge >= 0.3 is 0 Å². The highest BCUT2D eigenvalue weighted by Crippen LogP contribution is 2.34. The molecule has 0 fully saturated rings. The molecule has 0 aliphatic carbocycles. The molecule has 4 nitrogen and oxygen atoms in total. The van der Waals surface area contributed by atoms with Gasteiger partial charge in [0.2, 0.25) is 0 Å². The molecular weight excluding hydrogens is 546 g/mol. The van der Waals surface area contributed by atoms with Crippen molar-refractivity contribution in [1.82, 2.24) is 8.97 Å². The molecule has 0 aliphatic rings. The van der Waals surface area contributed by atoms with Gasteiger partial charge in [0.15, 0.2) is 0 Å². The van der Waals surface area contributed by atoms with Gasteiger partial charge in [0, 0.05) is 9.86 Å². The van der Waals surface area contributed by atoms with Gasteiger partial charge in [-0.05, 0) is 64.7 Å². The van der Waals surface area contributed by atoms with E-state index < -0.39 is 0 Å². The Morgan fingerprint density at radius 3 is 1.87 bits per heavy atom. The highest BCUT2D eigenvalue weighted by molar-refractivity contribution is 9.10. The van der Waals surface area contributed by atoms with Crippen molar-refractivity contribution in [2.75, 3.05) is 0 Å². The first-order valence-electron chi connectivity index (χ1n) is 12.6. The van der Waals surface area contributed by atoms with E-state index >= 15 is 0 Å². The van der Waals surface area contributed by atoms with E-state index in [2.05, 4.69) is 52.3 Å². The van der Waals surface area contributed by atoms with Gasteiger partial charge in [0.25, 0.3) is 5.56 Å². The van der Waals surface area contributed by atoms with E-state index in [9.17, 15) is 10.1 Å². The molecule has 39 heavy (non-hydrogen) atoms. The molecule has 7 rings (SSSR count). The van der Waals surface area contributed by atoms with Gasteiger partial charge in [-0.3, -0.25) is 13.8 Å². The Kier molecular flexibility index (Phi) is 5.43. The van der Waals surface area contributed by atoms with Gasteiger partial charge in [-0.25, -0.2) is 0 Å². The number of rotatable bonds is 3. The van der Waals surface area contributed by atoms with Crippen molar-refractivity contribution in [3.05, 3.63) is 142 Å². The molecule has 0 saturated heterocycles. The predicted octanol–water partition coefficient (Wildman–Crippen LogP) is 8.36. The lowest BCUT2D eigenvalue weighted by Crippen LogP contribution is -2.21. The second-order valence-corrected chi connectivity index (χ2v) is 10.4. The van der Waals surface area contributed by atoms with Crippen molar-refractivity contribution in [1.29, 1.82) is 5.26 Å². The summed E-state index contributed by atoms with van der Waals surface area (Å²) < 4.78 is 4.64. The highest BCUT2D eigenvalue weighted by Gasteiger charge is 2.21. The van der Waals surface area contributed by atoms with E-state index in [1.165, 1.54) is 0 Å². The van der Waals surface area contributed by atoms with Crippen LogP contribution in [-0.2, 0) is 0 Å². The Balaban J connectivity index is 1.68. The summed E-state index contributed by atoms with van der Waals surface area (Å²) in [6.45, 7) is 0. The third-order valence-electron chi connectivity index (χ3n) is 7.20. The molecule has 0 aliphatic heterocycles. The number of nitrogens with zero attached hydrogens (tertiary/aromatic N) is 3. The van der Waals surface area contributed by atoms with E-state index in [0.717, 1.165) is 43.1 Å². The smallest absolute Gasteiger partial charge is 0.266 e. The lowest BCUT2D eigenvalue weighted by molar-refractivity contribution is 1.01. The van der Waals surface area contributed by atoms with Gasteiger partial charge in [0.05, 0.1) is 22.1 Å². The molecular formula is C34H20BrN3O. The first kappa shape index (κ1) is 23.2. The fraction of sp³-hybridized carbons (Fsp3) is 0. The summed E-state index contributed by atoms with van der Waals surface area (Å²) in [6.07, 6.45) is 0. The first-order chi connectivity index (χ1) is 19.1. The summed E-state index contributed by atoms with van der Waals surface area (Å²) in [4.78, 5) is 14.3. The molecule has 2 heterocycles. The zero-order valence-electron chi connectivity index (χ0n) is 20.7. The number of benzene rings is 5. The number of aromatic nitrogens is 2. The Labute approximate surface area is 232 Å². The van der Waals surface area contributed by atoms with Crippen LogP contribution in [0.2, 0.25) is 0 Å². The van der Waals surface area contributed by atoms with Crippen molar-refractivity contribution < 1.29 is 0 Å². The van der Waals surface area contributed by atoms with Gasteiger partial charge in [-0.2, -0.15) is 5.26 Å². The van der Waals surface area contributed by atoms with Crippen LogP contribution < -0.4 is 5.56 Å². The molecule has 0 N–H and O–H groups in total. The standard InChI is InChI=1S/C34H20BrN3O/c35-26-15-16-28-30(21-36)33-37(34(39)29-13-7-8-14-31(29)38(33)32(28)20-26)27-18-24(22-9-3-1-4-10-22)17-25(19-27)23-11-5-2-6-12-23/h1-20H. The predicted molar refractivity (Wildman–Crippen MR) is 161 cm³/mol. The zero-order chi connectivity index (χ0) is 26.5. The molecule has 0 unspecified atom stereocenters. The number of nitriles is 1. The molecule has 5 aromatic carbocycles. The number of halogens is 1. The first-order valence-corrected chi connectivity index (χ1v) is 13.4. The average Bonchev–Trinajstić information content (AvgIpc) is 3.31. The second-order valence-electron chi connectivity index (χ2n) is 9.47. The third-order valence-corrected chi connectivity index (χ3v) is 7.69. The Hall–Kier alpha value is -4.92. The molecule has 0 spiro atoms. The molecule has 0 radical (unpaired) electrons. The normalized spacial score (nSPS) is 11.3. The van der Waals surface area contributed by atoms with E-state index in [1.807, 2.05) is 95.4 Å². The molecule has 0 bridgehead atoms. The number of para-hydroxylation sites is 1. The SMILES string of the molecule is N#Cc1c2ccc(Br)cc2n2c3ccccc3c(=O)n(-c3cc(-c4ccccc4)cc(-c4ccccc4)c3)c12. The van der Waals surface area contributed by atoms with Crippen LogP contribution in [0, 0.1) is 11.3 Å². The van der Waals surface area contributed by atoms with Crippen molar-refractivity contribution in [2.24, 2.45) is 0 Å². The second kappa shape index (κ2) is 9.13. The highest BCUT2D eigenvalue weighted by atomic mass is 79.9. The van der Waals surface area contributed by atoms with Crippen molar-refractivity contribution in [2.45, 2.75) is 0 Å². The van der Waals surface area contributed by atoms with Crippen LogP contribution in [-0.4, -0.2) is 8.97 Å². The molecule has 0 atom stereocenters. The molecule has 7 aromatic rings. The third kappa shape index (κ3) is 3.69. The quantitative estimate of drug-likeness (QED) is 0.216. The van der Waals surface area contributed by atoms with Gasteiger partial charge in [-0.15, -0.1) is 0 Å². The van der Waals surface area contributed by atoms with Gasteiger partial charge < -0.3 is 0 Å². The van der Waals surface area contributed by atoms with Crippen LogP contribution in [0.5, 0.6) is 0 Å². The van der Waals surface area contributed by atoms with Crippen molar-refractivity contribution in [3.8, 4) is 34.0 Å². The number of hydrogen-bond donors (Lipinski definition) is 0. The number of fused-ring (bicyclic) bond motifs is 5. The van der Waals surface area contributed by atoms with Crippen LogP contribution in [0.4, 0.5) is 0 Å². The topological polar surface area (TPSA) is 50.2 Å². The van der Waals surface area contributed by atoms with E-state index in [-0.39, 0.29) is 5.56 Å². The zero-order valence-corrected chi connectivity index (χ0v) is 22.3. The summed E-state index contributed by atoms with van der Waals surface area (Å²) in [7, 11) is 0. The molecule has 0 saturated carbocycles. The lowest BCUT2D eigenvalue weighted by Gasteiger charge is -2.16. The monoisotopic (exact) mass is 565 g/mol. The Bertz CT molecular complexity index is 2100. The molecule has 2 aromatic heterocycles. The fourth-order valence-electron chi connectivity index (χ4n) is 5.45. The van der Waals surface area contributed by atoms with E-state index in [1.54, 1.807) is 4.57 Å². The molecule has 0 amide bonds. The largest absolute Gasteiger partial charge is 0.293 e. The summed E-state index contributed by atoms with van der Waals surface area (Å²) in [6, 6.07) is 42.4. The van der Waals surface area contributed by atoms with Crippen LogP contribution >= 0.6 is 15.9 Å². The minimum atomic E-state index is -0.166. The van der Waals surface area contributed by atoms with Gasteiger partial charge in [0.1, 0.15) is 17.3 Å². The van der Waals surface area contributed by atoms with Crippen LogP contribution in [0.3, 0.4) is 0 Å². The molecule has 184 valence electrons. The van der Waals surface area contributed by atoms with Crippen LogP contribution in [0.25, 0.3) is 55.4 Å². The minimum absolute atomic E-state index is 0.166.